The largest absolute Gasteiger partial charge is 0.473 e. The average Bonchev–Trinajstić information content (AvgIpc) is 2.49. The van der Waals surface area contributed by atoms with Gasteiger partial charge in [0.1, 0.15) is 6.10 Å². The second kappa shape index (κ2) is 6.39. The Morgan fingerprint density at radius 3 is 2.81 bits per heavy atom. The van der Waals surface area contributed by atoms with E-state index in [2.05, 4.69) is 20.2 Å². The maximum absolute atomic E-state index is 11.9. The van der Waals surface area contributed by atoms with Crippen molar-refractivity contribution in [3.8, 4) is 5.88 Å². The minimum atomic E-state index is 0.0541. The topological polar surface area (TPSA) is 67.3 Å². The molecular weight excluding hydrogens is 268 g/mol. The minimum Gasteiger partial charge on any atom is -0.473 e. The van der Waals surface area contributed by atoms with Crippen LogP contribution in [-0.4, -0.2) is 52.6 Å². The predicted octanol–water partition coefficient (Wildman–Crippen LogP) is 0.907. The molecule has 2 fully saturated rings. The molecule has 2 aliphatic rings. The summed E-state index contributed by atoms with van der Waals surface area (Å²) in [5, 5.41) is 2.96. The number of carbonyl (C=O) groups excluding carboxylic acids is 1. The third-order valence-electron chi connectivity index (χ3n) is 4.19. The number of aryl methyl sites for hydroxylation is 1. The summed E-state index contributed by atoms with van der Waals surface area (Å²) in [6, 6.07) is 0.0541. The molecule has 0 radical (unpaired) electrons. The molecule has 2 saturated heterocycles. The number of ether oxygens (including phenoxy) is 1. The first-order valence-electron chi connectivity index (χ1n) is 7.69. The van der Waals surface area contributed by atoms with Crippen molar-refractivity contribution in [3.05, 3.63) is 18.1 Å². The highest BCUT2D eigenvalue weighted by molar-refractivity contribution is 5.82. The number of piperidine rings is 2. The van der Waals surface area contributed by atoms with Crippen LogP contribution in [0.2, 0.25) is 0 Å². The molecule has 3 heterocycles. The number of carbonyl (C=O) groups is 1. The predicted molar refractivity (Wildman–Crippen MR) is 78.0 cm³/mol. The van der Waals surface area contributed by atoms with Crippen LogP contribution >= 0.6 is 0 Å². The maximum Gasteiger partial charge on any atom is 0.237 e. The summed E-state index contributed by atoms with van der Waals surface area (Å²) in [5.74, 6) is 0.786. The van der Waals surface area contributed by atoms with Crippen LogP contribution in [0, 0.1) is 6.92 Å². The van der Waals surface area contributed by atoms with Crippen molar-refractivity contribution in [2.75, 3.05) is 19.6 Å². The second-order valence-electron chi connectivity index (χ2n) is 5.80. The van der Waals surface area contributed by atoms with Gasteiger partial charge in [-0.25, -0.2) is 4.98 Å². The molecule has 0 saturated carbocycles. The molecule has 1 unspecified atom stereocenters. The number of rotatable bonds is 3. The summed E-state index contributed by atoms with van der Waals surface area (Å²) in [6.07, 6.45) is 7.46. The summed E-state index contributed by atoms with van der Waals surface area (Å²) >= 11 is 0. The van der Waals surface area contributed by atoms with Crippen molar-refractivity contribution >= 4 is 5.91 Å². The summed E-state index contributed by atoms with van der Waals surface area (Å²) in [7, 11) is 0. The lowest BCUT2D eigenvalue weighted by Crippen LogP contribution is -2.53. The molecule has 0 bridgehead atoms. The van der Waals surface area contributed by atoms with Gasteiger partial charge in [0.2, 0.25) is 11.8 Å². The molecule has 114 valence electrons. The Morgan fingerprint density at radius 1 is 1.29 bits per heavy atom. The van der Waals surface area contributed by atoms with Crippen LogP contribution in [0.5, 0.6) is 5.88 Å². The summed E-state index contributed by atoms with van der Waals surface area (Å²) in [6.45, 7) is 4.54. The summed E-state index contributed by atoms with van der Waals surface area (Å²) < 4.78 is 5.90. The van der Waals surface area contributed by atoms with Gasteiger partial charge in [-0.3, -0.25) is 14.7 Å². The molecule has 1 N–H and O–H groups in total. The van der Waals surface area contributed by atoms with Crippen LogP contribution in [0.3, 0.4) is 0 Å². The molecule has 0 spiro atoms. The Bertz CT molecular complexity index is 500. The molecule has 3 rings (SSSR count). The molecule has 2 aliphatic heterocycles. The van der Waals surface area contributed by atoms with Crippen molar-refractivity contribution in [3.63, 3.8) is 0 Å². The van der Waals surface area contributed by atoms with Gasteiger partial charge in [0.05, 0.1) is 17.9 Å². The monoisotopic (exact) mass is 290 g/mol. The standard InChI is InChI=1S/C15H22N4O2/c1-11-9-16-10-14(18-11)21-12-4-7-19(8-5-12)13-3-2-6-17-15(13)20/h9-10,12-13H,2-8H2,1H3,(H,17,20). The fourth-order valence-corrected chi connectivity index (χ4v) is 3.08. The van der Waals surface area contributed by atoms with Gasteiger partial charge in [-0.05, 0) is 32.6 Å². The molecule has 1 atom stereocenters. The van der Waals surface area contributed by atoms with Crippen molar-refractivity contribution in [2.45, 2.75) is 44.8 Å². The van der Waals surface area contributed by atoms with Crippen LogP contribution in [0.4, 0.5) is 0 Å². The van der Waals surface area contributed by atoms with Crippen LogP contribution in [0.25, 0.3) is 0 Å². The molecule has 6 nitrogen and oxygen atoms in total. The Morgan fingerprint density at radius 2 is 2.10 bits per heavy atom. The van der Waals surface area contributed by atoms with Crippen molar-refractivity contribution in [2.24, 2.45) is 0 Å². The number of likely N-dealkylation sites (tertiary alicyclic amines) is 1. The lowest BCUT2D eigenvalue weighted by Gasteiger charge is -2.38. The fraction of sp³-hybridized carbons (Fsp3) is 0.667. The first-order valence-corrected chi connectivity index (χ1v) is 7.69. The van der Waals surface area contributed by atoms with Crippen LogP contribution < -0.4 is 10.1 Å². The van der Waals surface area contributed by atoms with E-state index in [1.165, 1.54) is 0 Å². The highest BCUT2D eigenvalue weighted by atomic mass is 16.5. The van der Waals surface area contributed by atoms with Crippen LogP contribution in [0.1, 0.15) is 31.4 Å². The number of hydrogen-bond donors (Lipinski definition) is 1. The minimum absolute atomic E-state index is 0.0541. The lowest BCUT2D eigenvalue weighted by molar-refractivity contribution is -0.129. The van der Waals surface area contributed by atoms with E-state index in [1.54, 1.807) is 12.4 Å². The molecule has 0 aromatic carbocycles. The first-order chi connectivity index (χ1) is 10.2. The first kappa shape index (κ1) is 14.3. The summed E-state index contributed by atoms with van der Waals surface area (Å²) in [4.78, 5) is 22.6. The Hall–Kier alpha value is -1.69. The quantitative estimate of drug-likeness (QED) is 0.896. The second-order valence-corrected chi connectivity index (χ2v) is 5.80. The van der Waals surface area contributed by atoms with E-state index in [-0.39, 0.29) is 18.1 Å². The number of nitrogens with one attached hydrogen (secondary N) is 1. The van der Waals surface area contributed by atoms with E-state index >= 15 is 0 Å². The number of aromatic nitrogens is 2. The number of nitrogens with zero attached hydrogens (tertiary/aromatic N) is 3. The van der Waals surface area contributed by atoms with E-state index < -0.39 is 0 Å². The smallest absolute Gasteiger partial charge is 0.237 e. The van der Waals surface area contributed by atoms with Crippen molar-refractivity contribution in [1.82, 2.24) is 20.2 Å². The van der Waals surface area contributed by atoms with Crippen molar-refractivity contribution < 1.29 is 9.53 Å². The zero-order chi connectivity index (χ0) is 14.7. The maximum atomic E-state index is 11.9. The van der Waals surface area contributed by atoms with Crippen molar-refractivity contribution in [1.29, 1.82) is 0 Å². The van der Waals surface area contributed by atoms with Crippen LogP contribution in [-0.2, 0) is 4.79 Å². The van der Waals surface area contributed by atoms with Gasteiger partial charge in [-0.2, -0.15) is 0 Å². The zero-order valence-corrected chi connectivity index (χ0v) is 12.4. The van der Waals surface area contributed by atoms with Gasteiger partial charge >= 0.3 is 0 Å². The van der Waals surface area contributed by atoms with E-state index in [4.69, 9.17) is 4.74 Å². The molecular formula is C15H22N4O2. The molecule has 1 aromatic rings. The van der Waals surface area contributed by atoms with Gasteiger partial charge in [0, 0.05) is 25.8 Å². The molecule has 0 aliphatic carbocycles. The Kier molecular flexibility index (Phi) is 4.34. The van der Waals surface area contributed by atoms with Crippen LogP contribution in [0.15, 0.2) is 12.4 Å². The third-order valence-corrected chi connectivity index (χ3v) is 4.19. The van der Waals surface area contributed by atoms with Gasteiger partial charge in [0.15, 0.2) is 0 Å². The van der Waals surface area contributed by atoms with Gasteiger partial charge in [-0.15, -0.1) is 0 Å². The van der Waals surface area contributed by atoms with Gasteiger partial charge < -0.3 is 10.1 Å². The molecule has 1 amide bonds. The zero-order valence-electron chi connectivity index (χ0n) is 12.4. The molecule has 21 heavy (non-hydrogen) atoms. The van der Waals surface area contributed by atoms with E-state index in [9.17, 15) is 4.79 Å². The molecule has 6 heteroatoms. The van der Waals surface area contributed by atoms with Gasteiger partial charge in [0.25, 0.3) is 0 Å². The molecule has 1 aromatic heterocycles. The Labute approximate surface area is 124 Å². The Balaban J connectivity index is 1.52. The highest BCUT2D eigenvalue weighted by Crippen LogP contribution is 2.21. The van der Waals surface area contributed by atoms with Gasteiger partial charge in [-0.1, -0.05) is 0 Å². The number of amides is 1. The van der Waals surface area contributed by atoms with E-state index in [0.29, 0.717) is 5.88 Å². The average molecular weight is 290 g/mol. The number of hydrogen-bond acceptors (Lipinski definition) is 5. The SMILES string of the molecule is Cc1cncc(OC2CCN(C3CCCNC3=O)CC2)n1. The van der Waals surface area contributed by atoms with E-state index in [0.717, 1.165) is 51.0 Å². The fourth-order valence-electron chi connectivity index (χ4n) is 3.08. The summed E-state index contributed by atoms with van der Waals surface area (Å²) in [5.41, 5.74) is 0.865. The highest BCUT2D eigenvalue weighted by Gasteiger charge is 2.31. The lowest BCUT2D eigenvalue weighted by atomic mass is 10.00. The third kappa shape index (κ3) is 3.50. The normalized spacial score (nSPS) is 24.6. The van der Waals surface area contributed by atoms with E-state index in [1.807, 2.05) is 6.92 Å².